The van der Waals surface area contributed by atoms with E-state index >= 15 is 0 Å². The quantitative estimate of drug-likeness (QED) is 0.509. The predicted molar refractivity (Wildman–Crippen MR) is 79.4 cm³/mol. The van der Waals surface area contributed by atoms with Crippen LogP contribution in [0.1, 0.15) is 13.8 Å². The molecule has 0 heterocycles. The third kappa shape index (κ3) is 5.27. The van der Waals surface area contributed by atoms with Crippen LogP contribution in [0.25, 0.3) is 0 Å². The Hall–Kier alpha value is -0.0900. The Labute approximate surface area is 126 Å². The summed E-state index contributed by atoms with van der Waals surface area (Å²) in [4.78, 5) is 12.6. The first-order chi connectivity index (χ1) is 8.30. The molecule has 1 atom stereocenters. The second-order valence-corrected chi connectivity index (χ2v) is 7.56. The van der Waals surface area contributed by atoms with Gasteiger partial charge in [0, 0.05) is 10.8 Å². The Morgan fingerprint density at radius 1 is 1.22 bits per heavy atom. The van der Waals surface area contributed by atoms with Crippen molar-refractivity contribution in [2.45, 2.75) is 27.9 Å². The lowest BCUT2D eigenvalue weighted by molar-refractivity contribution is -0.124. The van der Waals surface area contributed by atoms with Gasteiger partial charge in [-0.3, -0.25) is 4.79 Å². The Balaban J connectivity index is 2.77. The molecule has 1 N–H and O–H groups in total. The molecular weight excluding hydrogens is 313 g/mol. The van der Waals surface area contributed by atoms with Gasteiger partial charge in [0.1, 0.15) is 5.37 Å². The second-order valence-electron chi connectivity index (χ2n) is 4.02. The Kier molecular flexibility index (Phi) is 6.12. The van der Waals surface area contributed by atoms with Gasteiger partial charge in [-0.1, -0.05) is 78.6 Å². The monoisotopic (exact) mass is 325 g/mol. The molecule has 2 nitrogen and oxygen atoms in total. The zero-order valence-corrected chi connectivity index (χ0v) is 13.1. The van der Waals surface area contributed by atoms with E-state index in [9.17, 15) is 4.79 Å². The number of benzene rings is 1. The maximum absolute atomic E-state index is 11.7. The van der Waals surface area contributed by atoms with Crippen LogP contribution in [0.15, 0.2) is 35.2 Å². The van der Waals surface area contributed by atoms with E-state index in [1.807, 2.05) is 30.3 Å². The molecule has 1 aromatic rings. The van der Waals surface area contributed by atoms with E-state index in [4.69, 9.17) is 34.8 Å². The number of amides is 1. The minimum Gasteiger partial charge on any atom is -0.340 e. The number of hydrogen-bond acceptors (Lipinski definition) is 2. The first-order valence-electron chi connectivity index (χ1n) is 5.39. The van der Waals surface area contributed by atoms with Crippen LogP contribution in [0.5, 0.6) is 0 Å². The highest BCUT2D eigenvalue weighted by molar-refractivity contribution is 8.00. The number of rotatable bonds is 4. The van der Waals surface area contributed by atoms with Crippen molar-refractivity contribution in [3.05, 3.63) is 30.3 Å². The van der Waals surface area contributed by atoms with E-state index in [0.29, 0.717) is 0 Å². The molecule has 0 radical (unpaired) electrons. The Bertz CT molecular complexity index is 392. The summed E-state index contributed by atoms with van der Waals surface area (Å²) in [7, 11) is 0. The van der Waals surface area contributed by atoms with Gasteiger partial charge in [0.05, 0.1) is 0 Å². The van der Waals surface area contributed by atoms with Crippen molar-refractivity contribution in [2.24, 2.45) is 5.92 Å². The predicted octanol–water partition coefficient (Wildman–Crippen LogP) is 4.25. The number of thioether (sulfide) groups is 1. The van der Waals surface area contributed by atoms with Crippen LogP contribution in [0.3, 0.4) is 0 Å². The molecule has 0 saturated heterocycles. The zero-order chi connectivity index (χ0) is 13.8. The highest BCUT2D eigenvalue weighted by Crippen LogP contribution is 2.39. The van der Waals surface area contributed by atoms with E-state index < -0.39 is 9.17 Å². The highest BCUT2D eigenvalue weighted by atomic mass is 35.6. The van der Waals surface area contributed by atoms with Crippen molar-refractivity contribution in [1.29, 1.82) is 0 Å². The van der Waals surface area contributed by atoms with Crippen LogP contribution >= 0.6 is 46.6 Å². The summed E-state index contributed by atoms with van der Waals surface area (Å²) in [6, 6.07) is 9.48. The summed E-state index contributed by atoms with van der Waals surface area (Å²) < 4.78 is -1.56. The van der Waals surface area contributed by atoms with Crippen molar-refractivity contribution < 1.29 is 4.79 Å². The van der Waals surface area contributed by atoms with E-state index in [1.165, 1.54) is 11.8 Å². The SMILES string of the molecule is CC(C)C(=O)N[C@@H](Sc1ccccc1)C(Cl)(Cl)Cl. The molecule has 18 heavy (non-hydrogen) atoms. The molecule has 0 aliphatic heterocycles. The fraction of sp³-hybridized carbons (Fsp3) is 0.417. The first-order valence-corrected chi connectivity index (χ1v) is 7.41. The van der Waals surface area contributed by atoms with Crippen LogP contribution < -0.4 is 5.32 Å². The van der Waals surface area contributed by atoms with Crippen molar-refractivity contribution in [3.8, 4) is 0 Å². The topological polar surface area (TPSA) is 29.1 Å². The van der Waals surface area contributed by atoms with Crippen molar-refractivity contribution in [3.63, 3.8) is 0 Å². The lowest BCUT2D eigenvalue weighted by Gasteiger charge is -2.25. The molecule has 0 aliphatic carbocycles. The Morgan fingerprint density at radius 3 is 2.22 bits per heavy atom. The number of carbonyl (C=O) groups excluding carboxylic acids is 1. The molecule has 1 amide bonds. The minimum atomic E-state index is -1.56. The molecule has 0 unspecified atom stereocenters. The van der Waals surface area contributed by atoms with Crippen molar-refractivity contribution >= 4 is 52.5 Å². The van der Waals surface area contributed by atoms with Gasteiger partial charge in [-0.15, -0.1) is 0 Å². The van der Waals surface area contributed by atoms with Gasteiger partial charge in [-0.05, 0) is 12.1 Å². The van der Waals surface area contributed by atoms with Gasteiger partial charge in [0.15, 0.2) is 0 Å². The molecule has 100 valence electrons. The van der Waals surface area contributed by atoms with Crippen molar-refractivity contribution in [1.82, 2.24) is 5.32 Å². The molecule has 1 aromatic carbocycles. The molecule has 0 aromatic heterocycles. The second kappa shape index (κ2) is 6.90. The van der Waals surface area contributed by atoms with Gasteiger partial charge in [-0.25, -0.2) is 0 Å². The summed E-state index contributed by atoms with van der Waals surface area (Å²) in [5.74, 6) is -0.300. The van der Waals surface area contributed by atoms with Gasteiger partial charge in [0.2, 0.25) is 9.70 Å². The minimum absolute atomic E-state index is 0.144. The smallest absolute Gasteiger partial charge is 0.223 e. The molecule has 0 bridgehead atoms. The number of carbonyl (C=O) groups is 1. The van der Waals surface area contributed by atoms with E-state index in [-0.39, 0.29) is 11.8 Å². The number of alkyl halides is 3. The maximum Gasteiger partial charge on any atom is 0.223 e. The van der Waals surface area contributed by atoms with Gasteiger partial charge >= 0.3 is 0 Å². The summed E-state index contributed by atoms with van der Waals surface area (Å²) in [5, 5.41) is 2.11. The highest BCUT2D eigenvalue weighted by Gasteiger charge is 2.35. The largest absolute Gasteiger partial charge is 0.340 e. The molecule has 0 saturated carbocycles. The summed E-state index contributed by atoms with van der Waals surface area (Å²) >= 11 is 19.0. The number of hydrogen-bond donors (Lipinski definition) is 1. The fourth-order valence-corrected chi connectivity index (χ4v) is 2.57. The molecule has 0 fully saturated rings. The van der Waals surface area contributed by atoms with Gasteiger partial charge in [-0.2, -0.15) is 0 Å². The average molecular weight is 327 g/mol. The molecule has 0 spiro atoms. The van der Waals surface area contributed by atoms with Crippen molar-refractivity contribution in [2.75, 3.05) is 0 Å². The summed E-state index contributed by atoms with van der Waals surface area (Å²) in [6.45, 7) is 3.58. The van der Waals surface area contributed by atoms with Crippen LogP contribution in [-0.2, 0) is 4.79 Å². The third-order valence-electron chi connectivity index (χ3n) is 2.09. The summed E-state index contributed by atoms with van der Waals surface area (Å²) in [5.41, 5.74) is 0. The standard InChI is InChI=1S/C12H14Cl3NOS/c1-8(2)10(17)16-11(12(13,14)15)18-9-6-4-3-5-7-9/h3-8,11H,1-2H3,(H,16,17)/t11-/m0/s1. The summed E-state index contributed by atoms with van der Waals surface area (Å²) in [6.07, 6.45) is 0. The molecule has 0 aliphatic rings. The normalized spacial score (nSPS) is 13.4. The van der Waals surface area contributed by atoms with E-state index in [2.05, 4.69) is 5.32 Å². The van der Waals surface area contributed by atoms with Gasteiger partial charge < -0.3 is 5.32 Å². The lowest BCUT2D eigenvalue weighted by atomic mass is 10.2. The average Bonchev–Trinajstić information content (AvgIpc) is 2.28. The van der Waals surface area contributed by atoms with Crippen LogP contribution in [0.4, 0.5) is 0 Å². The molecule has 6 heteroatoms. The van der Waals surface area contributed by atoms with Crippen LogP contribution in [0.2, 0.25) is 0 Å². The lowest BCUT2D eigenvalue weighted by Crippen LogP contribution is -2.43. The fourth-order valence-electron chi connectivity index (χ4n) is 1.11. The molecule has 1 rings (SSSR count). The zero-order valence-electron chi connectivity index (χ0n) is 9.99. The Morgan fingerprint density at radius 2 is 1.78 bits per heavy atom. The van der Waals surface area contributed by atoms with E-state index in [1.54, 1.807) is 13.8 Å². The maximum atomic E-state index is 11.7. The van der Waals surface area contributed by atoms with Crippen LogP contribution in [0, 0.1) is 5.92 Å². The van der Waals surface area contributed by atoms with Crippen LogP contribution in [-0.4, -0.2) is 15.1 Å². The first kappa shape index (κ1) is 16.0. The third-order valence-corrected chi connectivity index (χ3v) is 4.39. The number of halogens is 3. The number of nitrogens with one attached hydrogen (secondary N) is 1. The molecular formula is C12H14Cl3NOS. The van der Waals surface area contributed by atoms with E-state index in [0.717, 1.165) is 4.90 Å². The van der Waals surface area contributed by atoms with Gasteiger partial charge in [0.25, 0.3) is 0 Å².